The Morgan fingerprint density at radius 1 is 0.973 bits per heavy atom. The summed E-state index contributed by atoms with van der Waals surface area (Å²) in [6, 6.07) is 22.0. The highest BCUT2D eigenvalue weighted by atomic mass is 16.7. The van der Waals surface area contributed by atoms with E-state index in [1.807, 2.05) is 30.3 Å². The van der Waals surface area contributed by atoms with Crippen LogP contribution in [0.4, 0.5) is 0 Å². The molecule has 2 aliphatic rings. The number of aliphatic hydroxyl groups excluding tert-OH is 3. The van der Waals surface area contributed by atoms with Gasteiger partial charge in [0.15, 0.2) is 17.8 Å². The second kappa shape index (κ2) is 11.2. The van der Waals surface area contributed by atoms with E-state index < -0.39 is 18.5 Å². The van der Waals surface area contributed by atoms with E-state index in [-0.39, 0.29) is 49.7 Å². The van der Waals surface area contributed by atoms with Crippen molar-refractivity contribution in [2.75, 3.05) is 26.9 Å². The third kappa shape index (κ3) is 5.37. The van der Waals surface area contributed by atoms with Crippen molar-refractivity contribution >= 4 is 0 Å². The van der Waals surface area contributed by atoms with E-state index in [1.54, 1.807) is 6.07 Å². The summed E-state index contributed by atoms with van der Waals surface area (Å²) >= 11 is 0. The minimum absolute atomic E-state index is 0.0214. The fraction of sp³-hybridized carbons (Fsp3) is 0.400. The van der Waals surface area contributed by atoms with Gasteiger partial charge in [0.25, 0.3) is 0 Å². The summed E-state index contributed by atoms with van der Waals surface area (Å²) in [7, 11) is 1.52. The largest absolute Gasteiger partial charge is 0.504 e. The predicted molar refractivity (Wildman–Crippen MR) is 138 cm³/mol. The molecule has 3 aromatic carbocycles. The van der Waals surface area contributed by atoms with Crippen LogP contribution >= 0.6 is 0 Å². The van der Waals surface area contributed by atoms with Crippen molar-refractivity contribution in [2.24, 2.45) is 11.8 Å². The van der Waals surface area contributed by atoms with Gasteiger partial charge >= 0.3 is 0 Å². The Kier molecular flexibility index (Phi) is 7.79. The van der Waals surface area contributed by atoms with E-state index in [9.17, 15) is 20.4 Å². The molecule has 6 atom stereocenters. The van der Waals surface area contributed by atoms with Crippen LogP contribution in [0.5, 0.6) is 11.5 Å². The van der Waals surface area contributed by atoms with Crippen molar-refractivity contribution in [3.8, 4) is 22.6 Å². The molecule has 0 amide bonds. The Labute approximate surface area is 216 Å². The van der Waals surface area contributed by atoms with Crippen LogP contribution in [-0.4, -0.2) is 65.9 Å². The predicted octanol–water partition coefficient (Wildman–Crippen LogP) is 3.47. The van der Waals surface area contributed by atoms with Crippen LogP contribution in [0.3, 0.4) is 0 Å². The number of rotatable bonds is 7. The molecule has 0 aromatic heterocycles. The van der Waals surface area contributed by atoms with Crippen molar-refractivity contribution in [1.29, 1.82) is 0 Å². The molecular formula is C30H34O7. The lowest BCUT2D eigenvalue weighted by atomic mass is 9.66. The number of aromatic hydroxyl groups is 1. The Bertz CT molecular complexity index is 1200. The van der Waals surface area contributed by atoms with Crippen molar-refractivity contribution in [3.63, 3.8) is 0 Å². The molecule has 1 aliphatic carbocycles. The Morgan fingerprint density at radius 2 is 1.78 bits per heavy atom. The van der Waals surface area contributed by atoms with Gasteiger partial charge in [-0.25, -0.2) is 0 Å². The molecule has 7 nitrogen and oxygen atoms in total. The van der Waals surface area contributed by atoms with Gasteiger partial charge in [-0.2, -0.15) is 0 Å². The third-order valence-corrected chi connectivity index (χ3v) is 7.63. The number of hydrogen-bond acceptors (Lipinski definition) is 7. The lowest BCUT2D eigenvalue weighted by Gasteiger charge is -2.41. The highest BCUT2D eigenvalue weighted by molar-refractivity contribution is 5.66. The molecular weight excluding hydrogens is 472 g/mol. The van der Waals surface area contributed by atoms with Crippen LogP contribution in [0.15, 0.2) is 66.7 Å². The molecule has 2 unspecified atom stereocenters. The fourth-order valence-corrected chi connectivity index (χ4v) is 5.70. The summed E-state index contributed by atoms with van der Waals surface area (Å²) in [6.07, 6.45) is -1.59. The van der Waals surface area contributed by atoms with Gasteiger partial charge in [-0.15, -0.1) is 0 Å². The number of phenols is 1. The minimum Gasteiger partial charge on any atom is -0.504 e. The summed E-state index contributed by atoms with van der Waals surface area (Å²) in [4.78, 5) is 0. The summed E-state index contributed by atoms with van der Waals surface area (Å²) < 4.78 is 17.1. The monoisotopic (exact) mass is 506 g/mol. The first-order chi connectivity index (χ1) is 18.0. The number of benzene rings is 3. The molecule has 0 bridgehead atoms. The molecule has 37 heavy (non-hydrogen) atoms. The number of ether oxygens (including phenoxy) is 3. The molecule has 7 heteroatoms. The topological polar surface area (TPSA) is 109 Å². The van der Waals surface area contributed by atoms with E-state index in [4.69, 9.17) is 14.2 Å². The van der Waals surface area contributed by atoms with Crippen LogP contribution in [0.25, 0.3) is 11.1 Å². The molecule has 1 heterocycles. The summed E-state index contributed by atoms with van der Waals surface area (Å²) in [5.41, 5.74) is 5.43. The molecule has 1 aliphatic heterocycles. The molecule has 196 valence electrons. The number of fused-ring (bicyclic) bond motifs is 1. The van der Waals surface area contributed by atoms with Crippen molar-refractivity contribution in [2.45, 2.75) is 37.3 Å². The number of aliphatic hydroxyl groups is 3. The minimum atomic E-state index is -0.927. The second-order valence-electron chi connectivity index (χ2n) is 9.99. The number of hydrogen-bond donors (Lipinski definition) is 4. The van der Waals surface area contributed by atoms with Crippen LogP contribution in [0, 0.1) is 11.8 Å². The fourth-order valence-electron chi connectivity index (χ4n) is 5.70. The molecule has 1 fully saturated rings. The summed E-state index contributed by atoms with van der Waals surface area (Å²) in [5.74, 6) is 0.0465. The smallest absolute Gasteiger partial charge is 0.183 e. The third-order valence-electron chi connectivity index (χ3n) is 7.63. The Morgan fingerprint density at radius 3 is 2.51 bits per heavy atom. The van der Waals surface area contributed by atoms with Crippen LogP contribution in [0.1, 0.15) is 29.0 Å². The van der Waals surface area contributed by atoms with Gasteiger partial charge in [-0.1, -0.05) is 54.6 Å². The maximum absolute atomic E-state index is 10.4. The Hall–Kier alpha value is -2.94. The molecule has 0 saturated carbocycles. The van der Waals surface area contributed by atoms with E-state index in [0.29, 0.717) is 12.2 Å². The molecule has 0 spiro atoms. The van der Waals surface area contributed by atoms with E-state index in [2.05, 4.69) is 30.3 Å². The zero-order valence-corrected chi connectivity index (χ0v) is 20.9. The molecule has 5 rings (SSSR count). The van der Waals surface area contributed by atoms with E-state index >= 15 is 0 Å². The van der Waals surface area contributed by atoms with Gasteiger partial charge in [0, 0.05) is 18.9 Å². The van der Waals surface area contributed by atoms with Gasteiger partial charge < -0.3 is 34.6 Å². The lowest BCUT2D eigenvalue weighted by molar-refractivity contribution is -0.241. The molecule has 1 saturated heterocycles. The highest BCUT2D eigenvalue weighted by Crippen LogP contribution is 2.46. The number of phenolic OH excluding ortho intramolecular Hbond substituents is 1. The lowest BCUT2D eigenvalue weighted by Crippen LogP contribution is -2.44. The van der Waals surface area contributed by atoms with Crippen molar-refractivity contribution in [3.05, 3.63) is 83.4 Å². The van der Waals surface area contributed by atoms with Gasteiger partial charge in [-0.05, 0) is 58.2 Å². The van der Waals surface area contributed by atoms with Gasteiger partial charge in [0.05, 0.1) is 26.4 Å². The quantitative estimate of drug-likeness (QED) is 0.389. The zero-order valence-electron chi connectivity index (χ0n) is 20.9. The molecule has 4 N–H and O–H groups in total. The first-order valence-electron chi connectivity index (χ1n) is 12.7. The maximum Gasteiger partial charge on any atom is 0.183 e. The van der Waals surface area contributed by atoms with E-state index in [1.165, 1.54) is 7.11 Å². The Balaban J connectivity index is 1.55. The van der Waals surface area contributed by atoms with Crippen LogP contribution in [0.2, 0.25) is 0 Å². The van der Waals surface area contributed by atoms with Crippen LogP contribution < -0.4 is 4.74 Å². The van der Waals surface area contributed by atoms with Crippen molar-refractivity contribution < 1.29 is 34.6 Å². The standard InChI is InChI=1S/C30H34O7/c1-35-28-13-21(9-10-26(28)33)29-24-12-19(18-5-3-2-4-6-18)7-8-20(24)11-22(15-31)25(29)17-37-30-27(34)14-23(32)16-36-30/h2-10,12-13,22-23,25,27,29-34H,11,14-17H2,1H3/t22?,23-,25+,27+,29?,30-/m0/s1. The maximum atomic E-state index is 10.4. The summed E-state index contributed by atoms with van der Waals surface area (Å²) in [5, 5.41) is 40.8. The normalized spacial score (nSPS) is 27.5. The van der Waals surface area contributed by atoms with Gasteiger partial charge in [0.2, 0.25) is 0 Å². The molecule has 0 radical (unpaired) electrons. The molecule has 3 aromatic rings. The van der Waals surface area contributed by atoms with Gasteiger partial charge in [0.1, 0.15) is 6.10 Å². The average Bonchev–Trinajstić information content (AvgIpc) is 2.92. The summed E-state index contributed by atoms with van der Waals surface area (Å²) in [6.45, 7) is 0.329. The zero-order chi connectivity index (χ0) is 25.9. The first-order valence-corrected chi connectivity index (χ1v) is 12.7. The second-order valence-corrected chi connectivity index (χ2v) is 9.99. The first kappa shape index (κ1) is 25.7. The average molecular weight is 507 g/mol. The van der Waals surface area contributed by atoms with Gasteiger partial charge in [-0.3, -0.25) is 0 Å². The van der Waals surface area contributed by atoms with Crippen molar-refractivity contribution in [1.82, 2.24) is 0 Å². The SMILES string of the molecule is COc1cc(C2c3cc(-c4ccccc4)ccc3CC(CO)[C@H]2CO[C@@H]2OC[C@@H](O)C[C@H]2O)ccc1O. The van der Waals surface area contributed by atoms with Crippen LogP contribution in [-0.2, 0) is 15.9 Å². The van der Waals surface area contributed by atoms with E-state index in [0.717, 1.165) is 27.8 Å². The highest BCUT2D eigenvalue weighted by Gasteiger charge is 2.40. The number of methoxy groups -OCH3 is 1.